The number of hydrogen-bond donors (Lipinski definition) is 1. The Morgan fingerprint density at radius 1 is 1.45 bits per heavy atom. The van der Waals surface area contributed by atoms with E-state index in [0.29, 0.717) is 6.04 Å². The minimum atomic E-state index is 0.539. The zero-order valence-corrected chi connectivity index (χ0v) is 7.60. The van der Waals surface area contributed by atoms with Gasteiger partial charge in [0.15, 0.2) is 0 Å². The van der Waals surface area contributed by atoms with E-state index in [9.17, 15) is 0 Å². The number of rotatable bonds is 4. The summed E-state index contributed by atoms with van der Waals surface area (Å²) in [6.07, 6.45) is 5.56. The van der Waals surface area contributed by atoms with Crippen LogP contribution in [0.5, 0.6) is 0 Å². The summed E-state index contributed by atoms with van der Waals surface area (Å²) in [5.41, 5.74) is 3.07. The Labute approximate surface area is 69.3 Å². The molecule has 0 radical (unpaired) electrons. The Bertz CT molecular complexity index is 99.7. The van der Waals surface area contributed by atoms with Gasteiger partial charge < -0.3 is 4.84 Å². The largest absolute Gasteiger partial charge is 0.302 e. The Balaban J connectivity index is 2.12. The summed E-state index contributed by atoms with van der Waals surface area (Å²) in [6.45, 7) is 4.98. The second-order valence-corrected chi connectivity index (χ2v) is 3.38. The molecule has 0 aromatic carbocycles. The molecule has 0 amide bonds. The van der Waals surface area contributed by atoms with Gasteiger partial charge in [0, 0.05) is 6.04 Å². The van der Waals surface area contributed by atoms with E-state index in [-0.39, 0.29) is 0 Å². The maximum absolute atomic E-state index is 5.16. The molecule has 0 heterocycles. The van der Waals surface area contributed by atoms with Gasteiger partial charge >= 0.3 is 0 Å². The summed E-state index contributed by atoms with van der Waals surface area (Å²) in [5.74, 6) is 0.849. The SMILES string of the molecule is CCONC(C)C1CCCC1. The summed E-state index contributed by atoms with van der Waals surface area (Å²) in [5, 5.41) is 0. The highest BCUT2D eigenvalue weighted by Crippen LogP contribution is 2.27. The third-order valence-corrected chi connectivity index (χ3v) is 2.52. The molecule has 1 aliphatic carbocycles. The summed E-state index contributed by atoms with van der Waals surface area (Å²) < 4.78 is 0. The van der Waals surface area contributed by atoms with Crippen LogP contribution in [-0.4, -0.2) is 12.6 Å². The van der Waals surface area contributed by atoms with E-state index < -0.39 is 0 Å². The van der Waals surface area contributed by atoms with Gasteiger partial charge in [-0.3, -0.25) is 0 Å². The molecule has 1 saturated carbocycles. The first-order valence-electron chi connectivity index (χ1n) is 4.72. The van der Waals surface area contributed by atoms with Crippen LogP contribution in [0.3, 0.4) is 0 Å². The molecule has 0 spiro atoms. The van der Waals surface area contributed by atoms with Gasteiger partial charge in [-0.2, -0.15) is 5.48 Å². The highest BCUT2D eigenvalue weighted by molar-refractivity contribution is 4.74. The number of hydrogen-bond acceptors (Lipinski definition) is 2. The Kier molecular flexibility index (Phi) is 3.87. The van der Waals surface area contributed by atoms with E-state index >= 15 is 0 Å². The highest BCUT2D eigenvalue weighted by atomic mass is 16.6. The molecule has 1 aliphatic rings. The van der Waals surface area contributed by atoms with Crippen LogP contribution >= 0.6 is 0 Å². The van der Waals surface area contributed by atoms with Gasteiger partial charge in [-0.05, 0) is 32.6 Å². The van der Waals surface area contributed by atoms with Crippen LogP contribution in [0.15, 0.2) is 0 Å². The second kappa shape index (κ2) is 4.73. The zero-order valence-electron chi connectivity index (χ0n) is 7.60. The average Bonchev–Trinajstić information content (AvgIpc) is 2.52. The molecule has 0 aromatic heterocycles. The molecule has 1 rings (SSSR count). The van der Waals surface area contributed by atoms with E-state index in [1.807, 2.05) is 6.92 Å². The van der Waals surface area contributed by atoms with Crippen molar-refractivity contribution < 1.29 is 4.84 Å². The maximum Gasteiger partial charge on any atom is 0.0654 e. The normalized spacial score (nSPS) is 22.4. The monoisotopic (exact) mass is 157 g/mol. The van der Waals surface area contributed by atoms with Gasteiger partial charge in [0.2, 0.25) is 0 Å². The molecule has 2 heteroatoms. The molecule has 0 saturated heterocycles. The van der Waals surface area contributed by atoms with Crippen LogP contribution in [0.2, 0.25) is 0 Å². The maximum atomic E-state index is 5.16. The van der Waals surface area contributed by atoms with Crippen molar-refractivity contribution in [2.75, 3.05) is 6.61 Å². The third kappa shape index (κ3) is 2.80. The first kappa shape index (κ1) is 9.01. The molecule has 0 aliphatic heterocycles. The van der Waals surface area contributed by atoms with E-state index in [4.69, 9.17) is 4.84 Å². The van der Waals surface area contributed by atoms with Gasteiger partial charge in [0.1, 0.15) is 0 Å². The fourth-order valence-corrected chi connectivity index (χ4v) is 1.77. The van der Waals surface area contributed by atoms with Crippen molar-refractivity contribution in [1.29, 1.82) is 0 Å². The van der Waals surface area contributed by atoms with Crippen LogP contribution in [0.4, 0.5) is 0 Å². The topological polar surface area (TPSA) is 21.3 Å². The van der Waals surface area contributed by atoms with Crippen LogP contribution in [0, 0.1) is 5.92 Å². The molecule has 0 bridgehead atoms. The molecule has 1 N–H and O–H groups in total. The van der Waals surface area contributed by atoms with Crippen LogP contribution in [0.25, 0.3) is 0 Å². The van der Waals surface area contributed by atoms with Crippen molar-refractivity contribution in [3.63, 3.8) is 0 Å². The minimum absolute atomic E-state index is 0.539. The lowest BCUT2D eigenvalue weighted by atomic mass is 10.0. The molecule has 66 valence electrons. The van der Waals surface area contributed by atoms with Gasteiger partial charge in [0.05, 0.1) is 6.61 Å². The van der Waals surface area contributed by atoms with E-state index in [1.54, 1.807) is 0 Å². The second-order valence-electron chi connectivity index (χ2n) is 3.38. The van der Waals surface area contributed by atoms with Crippen molar-refractivity contribution in [1.82, 2.24) is 5.48 Å². The fourth-order valence-electron chi connectivity index (χ4n) is 1.77. The molecular weight excluding hydrogens is 138 g/mol. The van der Waals surface area contributed by atoms with Crippen molar-refractivity contribution in [3.05, 3.63) is 0 Å². The van der Waals surface area contributed by atoms with Crippen molar-refractivity contribution in [2.24, 2.45) is 5.92 Å². The van der Waals surface area contributed by atoms with Gasteiger partial charge in [0.25, 0.3) is 0 Å². The predicted molar refractivity (Wildman–Crippen MR) is 46.2 cm³/mol. The quantitative estimate of drug-likeness (QED) is 0.631. The molecule has 1 fully saturated rings. The first-order chi connectivity index (χ1) is 5.34. The lowest BCUT2D eigenvalue weighted by molar-refractivity contribution is 0.0146. The summed E-state index contributed by atoms with van der Waals surface area (Å²) >= 11 is 0. The fraction of sp³-hybridized carbons (Fsp3) is 1.00. The Morgan fingerprint density at radius 2 is 2.09 bits per heavy atom. The smallest absolute Gasteiger partial charge is 0.0654 e. The number of nitrogens with one attached hydrogen (secondary N) is 1. The minimum Gasteiger partial charge on any atom is -0.302 e. The molecular formula is C9H19NO. The molecule has 0 aromatic rings. The summed E-state index contributed by atoms with van der Waals surface area (Å²) in [6, 6.07) is 0.539. The van der Waals surface area contributed by atoms with E-state index in [2.05, 4.69) is 12.4 Å². The highest BCUT2D eigenvalue weighted by Gasteiger charge is 2.20. The van der Waals surface area contributed by atoms with Crippen molar-refractivity contribution >= 4 is 0 Å². The van der Waals surface area contributed by atoms with Crippen LogP contribution < -0.4 is 5.48 Å². The molecule has 1 atom stereocenters. The lowest BCUT2D eigenvalue weighted by Crippen LogP contribution is -2.32. The standard InChI is InChI=1S/C9H19NO/c1-3-11-10-8(2)9-6-4-5-7-9/h8-10H,3-7H2,1-2H3. The Morgan fingerprint density at radius 3 is 2.64 bits per heavy atom. The van der Waals surface area contributed by atoms with Crippen LogP contribution in [0.1, 0.15) is 39.5 Å². The van der Waals surface area contributed by atoms with Crippen molar-refractivity contribution in [3.8, 4) is 0 Å². The Hall–Kier alpha value is -0.0800. The van der Waals surface area contributed by atoms with Gasteiger partial charge in [-0.1, -0.05) is 12.8 Å². The summed E-state index contributed by atoms with van der Waals surface area (Å²) in [4.78, 5) is 5.16. The molecule has 11 heavy (non-hydrogen) atoms. The van der Waals surface area contributed by atoms with E-state index in [1.165, 1.54) is 25.7 Å². The lowest BCUT2D eigenvalue weighted by Gasteiger charge is -2.19. The zero-order chi connectivity index (χ0) is 8.10. The van der Waals surface area contributed by atoms with Gasteiger partial charge in [-0.15, -0.1) is 0 Å². The summed E-state index contributed by atoms with van der Waals surface area (Å²) in [7, 11) is 0. The number of hydroxylamine groups is 1. The molecule has 2 nitrogen and oxygen atoms in total. The van der Waals surface area contributed by atoms with Gasteiger partial charge in [-0.25, -0.2) is 0 Å². The van der Waals surface area contributed by atoms with E-state index in [0.717, 1.165) is 12.5 Å². The third-order valence-electron chi connectivity index (χ3n) is 2.52. The molecule has 1 unspecified atom stereocenters. The van der Waals surface area contributed by atoms with Crippen LogP contribution in [-0.2, 0) is 4.84 Å². The van der Waals surface area contributed by atoms with Crippen molar-refractivity contribution in [2.45, 2.75) is 45.6 Å². The first-order valence-corrected chi connectivity index (χ1v) is 4.72. The average molecular weight is 157 g/mol. The predicted octanol–water partition coefficient (Wildman–Crippen LogP) is 2.11.